The summed E-state index contributed by atoms with van der Waals surface area (Å²) in [6.07, 6.45) is 1.31. The normalized spacial score (nSPS) is 13.7. The Labute approximate surface area is 148 Å². The lowest BCUT2D eigenvalue weighted by Crippen LogP contribution is -2.51. The Morgan fingerprint density at radius 2 is 1.62 bits per heavy atom. The van der Waals surface area contributed by atoms with Gasteiger partial charge in [0.1, 0.15) is 11.3 Å². The largest absolute Gasteiger partial charge is 0.423 e. The van der Waals surface area contributed by atoms with Crippen LogP contribution in [0.1, 0.15) is 21.5 Å². The summed E-state index contributed by atoms with van der Waals surface area (Å²) in [4.78, 5) is 46.7. The molecule has 1 heterocycles. The number of rotatable bonds is 3. The summed E-state index contributed by atoms with van der Waals surface area (Å²) in [6, 6.07) is 12.4. The molecule has 1 aliphatic rings. The van der Waals surface area contributed by atoms with Gasteiger partial charge < -0.3 is 4.74 Å². The average Bonchev–Trinajstić information content (AvgIpc) is 2.59. The molecule has 0 saturated carbocycles. The van der Waals surface area contributed by atoms with Gasteiger partial charge in [0.05, 0.1) is 5.56 Å². The zero-order chi connectivity index (χ0) is 18.7. The van der Waals surface area contributed by atoms with Gasteiger partial charge in [0.15, 0.2) is 0 Å². The van der Waals surface area contributed by atoms with Crippen LogP contribution in [0.5, 0.6) is 5.75 Å². The number of barbiturate groups is 1. The molecule has 4 amide bonds. The molecule has 0 atom stereocenters. The van der Waals surface area contributed by atoms with Crippen LogP contribution in [0.25, 0.3) is 6.08 Å². The number of aryl methyl sites for hydroxylation is 1. The zero-order valence-corrected chi connectivity index (χ0v) is 13.7. The molecule has 7 nitrogen and oxygen atoms in total. The molecule has 2 N–H and O–H groups in total. The van der Waals surface area contributed by atoms with Crippen LogP contribution in [0.3, 0.4) is 0 Å². The van der Waals surface area contributed by atoms with Crippen LogP contribution < -0.4 is 15.4 Å². The first kappa shape index (κ1) is 17.1. The molecule has 7 heteroatoms. The van der Waals surface area contributed by atoms with Crippen molar-refractivity contribution in [3.05, 3.63) is 70.8 Å². The first-order valence-electron chi connectivity index (χ1n) is 7.69. The quantitative estimate of drug-likeness (QED) is 0.381. The Morgan fingerprint density at radius 1 is 0.962 bits per heavy atom. The number of esters is 1. The van der Waals surface area contributed by atoms with E-state index in [0.29, 0.717) is 11.1 Å². The summed E-state index contributed by atoms with van der Waals surface area (Å²) < 4.78 is 5.32. The van der Waals surface area contributed by atoms with Gasteiger partial charge in [-0.25, -0.2) is 9.59 Å². The number of hydrogen-bond donors (Lipinski definition) is 2. The van der Waals surface area contributed by atoms with Gasteiger partial charge in [-0.3, -0.25) is 20.2 Å². The Morgan fingerprint density at radius 3 is 2.27 bits per heavy atom. The maximum Gasteiger partial charge on any atom is 0.343 e. The first-order chi connectivity index (χ1) is 12.4. The van der Waals surface area contributed by atoms with E-state index in [2.05, 4.69) is 0 Å². The lowest BCUT2D eigenvalue weighted by atomic mass is 10.1. The molecule has 0 unspecified atom stereocenters. The number of urea groups is 1. The van der Waals surface area contributed by atoms with Crippen molar-refractivity contribution in [1.82, 2.24) is 10.6 Å². The Kier molecular flexibility index (Phi) is 4.62. The van der Waals surface area contributed by atoms with E-state index in [0.717, 1.165) is 5.56 Å². The summed E-state index contributed by atoms with van der Waals surface area (Å²) >= 11 is 0. The van der Waals surface area contributed by atoms with Gasteiger partial charge in [-0.1, -0.05) is 29.8 Å². The average molecular weight is 350 g/mol. The van der Waals surface area contributed by atoms with E-state index in [9.17, 15) is 19.2 Å². The number of carbonyl (C=O) groups is 4. The Hall–Kier alpha value is -3.74. The smallest absolute Gasteiger partial charge is 0.343 e. The number of hydrogen-bond acceptors (Lipinski definition) is 5. The van der Waals surface area contributed by atoms with Crippen molar-refractivity contribution >= 4 is 29.9 Å². The fraction of sp³-hybridized carbons (Fsp3) is 0.0526. The maximum absolute atomic E-state index is 12.2. The fourth-order valence-corrected chi connectivity index (χ4v) is 2.30. The van der Waals surface area contributed by atoms with Gasteiger partial charge in [-0.15, -0.1) is 0 Å². The second kappa shape index (κ2) is 7.02. The third-order valence-electron chi connectivity index (χ3n) is 3.61. The van der Waals surface area contributed by atoms with Crippen LogP contribution in [0.2, 0.25) is 0 Å². The zero-order valence-electron chi connectivity index (χ0n) is 13.7. The lowest BCUT2D eigenvalue weighted by molar-refractivity contribution is -0.123. The van der Waals surface area contributed by atoms with Crippen molar-refractivity contribution in [2.45, 2.75) is 6.92 Å². The molecule has 1 aliphatic heterocycles. The van der Waals surface area contributed by atoms with Gasteiger partial charge in [0.2, 0.25) is 0 Å². The highest BCUT2D eigenvalue weighted by Crippen LogP contribution is 2.18. The molecule has 0 aromatic heterocycles. The van der Waals surface area contributed by atoms with Gasteiger partial charge in [-0.05, 0) is 42.8 Å². The minimum absolute atomic E-state index is 0.216. The predicted molar refractivity (Wildman–Crippen MR) is 92.2 cm³/mol. The molecule has 1 saturated heterocycles. The first-order valence-corrected chi connectivity index (χ1v) is 7.69. The van der Waals surface area contributed by atoms with Crippen LogP contribution in [0.4, 0.5) is 4.79 Å². The topological polar surface area (TPSA) is 102 Å². The summed E-state index contributed by atoms with van der Waals surface area (Å²) in [5, 5.41) is 3.98. The van der Waals surface area contributed by atoms with E-state index < -0.39 is 23.8 Å². The van der Waals surface area contributed by atoms with Gasteiger partial charge in [0, 0.05) is 0 Å². The van der Waals surface area contributed by atoms with Crippen molar-refractivity contribution in [2.24, 2.45) is 0 Å². The third kappa shape index (κ3) is 3.84. The summed E-state index contributed by atoms with van der Waals surface area (Å²) in [5.41, 5.74) is 1.68. The molecule has 0 aliphatic carbocycles. The van der Waals surface area contributed by atoms with Crippen molar-refractivity contribution in [2.75, 3.05) is 0 Å². The number of imide groups is 2. The van der Waals surface area contributed by atoms with Crippen LogP contribution in [-0.2, 0) is 9.59 Å². The maximum atomic E-state index is 12.2. The van der Waals surface area contributed by atoms with Crippen LogP contribution in [-0.4, -0.2) is 23.8 Å². The minimum atomic E-state index is -0.863. The Balaban J connectivity index is 1.80. The van der Waals surface area contributed by atoms with E-state index >= 15 is 0 Å². The number of benzene rings is 2. The second-order valence-corrected chi connectivity index (χ2v) is 5.62. The monoisotopic (exact) mass is 350 g/mol. The highest BCUT2D eigenvalue weighted by atomic mass is 16.5. The molecule has 2 aromatic rings. The van der Waals surface area contributed by atoms with Gasteiger partial charge in [-0.2, -0.15) is 0 Å². The predicted octanol–water partition coefficient (Wildman–Crippen LogP) is 1.96. The van der Waals surface area contributed by atoms with E-state index in [1.54, 1.807) is 42.5 Å². The molecule has 0 radical (unpaired) electrons. The Bertz CT molecular complexity index is 923. The van der Waals surface area contributed by atoms with Crippen LogP contribution >= 0.6 is 0 Å². The summed E-state index contributed by atoms with van der Waals surface area (Å²) in [7, 11) is 0. The van der Waals surface area contributed by atoms with E-state index in [1.165, 1.54) is 12.1 Å². The van der Waals surface area contributed by atoms with Crippen LogP contribution in [0, 0.1) is 6.92 Å². The molecule has 0 bridgehead atoms. The highest BCUT2D eigenvalue weighted by molar-refractivity contribution is 6.31. The van der Waals surface area contributed by atoms with Crippen molar-refractivity contribution in [3.8, 4) is 5.75 Å². The molecule has 1 fully saturated rings. The number of carbonyl (C=O) groups excluding carboxylic acids is 4. The SMILES string of the molecule is Cc1ccc(C(=O)Oc2cccc(C=C3C(=O)NC(=O)NC3=O)c2)cc1. The van der Waals surface area contributed by atoms with Crippen molar-refractivity contribution in [1.29, 1.82) is 0 Å². The fourth-order valence-electron chi connectivity index (χ4n) is 2.30. The number of amides is 4. The van der Waals surface area contributed by atoms with Gasteiger partial charge >= 0.3 is 12.0 Å². The molecule has 26 heavy (non-hydrogen) atoms. The van der Waals surface area contributed by atoms with E-state index in [4.69, 9.17) is 4.74 Å². The molecule has 130 valence electrons. The molecule has 2 aromatic carbocycles. The molecular formula is C19H14N2O5. The van der Waals surface area contributed by atoms with Gasteiger partial charge in [0.25, 0.3) is 11.8 Å². The molecular weight excluding hydrogens is 336 g/mol. The van der Waals surface area contributed by atoms with E-state index in [-0.39, 0.29) is 11.3 Å². The lowest BCUT2D eigenvalue weighted by Gasteiger charge is -2.14. The third-order valence-corrected chi connectivity index (χ3v) is 3.61. The van der Waals surface area contributed by atoms with Crippen molar-refractivity contribution < 1.29 is 23.9 Å². The molecule has 0 spiro atoms. The second-order valence-electron chi connectivity index (χ2n) is 5.62. The van der Waals surface area contributed by atoms with Crippen LogP contribution in [0.15, 0.2) is 54.1 Å². The summed E-state index contributed by atoms with van der Waals surface area (Å²) in [6.45, 7) is 1.91. The minimum Gasteiger partial charge on any atom is -0.423 e. The number of ether oxygens (including phenoxy) is 1. The number of nitrogens with one attached hydrogen (secondary N) is 2. The standard InChI is InChI=1S/C19H14N2O5/c1-11-5-7-13(8-6-11)18(24)26-14-4-2-3-12(9-14)10-15-16(22)20-19(25)21-17(15)23/h2-10H,1H3,(H2,20,21,22,23,25). The van der Waals surface area contributed by atoms with Crippen molar-refractivity contribution in [3.63, 3.8) is 0 Å². The van der Waals surface area contributed by atoms with E-state index in [1.807, 2.05) is 17.6 Å². The molecule has 3 rings (SSSR count). The highest BCUT2D eigenvalue weighted by Gasteiger charge is 2.27. The summed E-state index contributed by atoms with van der Waals surface area (Å²) in [5.74, 6) is -1.84.